The zero-order valence-electron chi connectivity index (χ0n) is 13.8. The van der Waals surface area contributed by atoms with Crippen LogP contribution in [0.15, 0.2) is 18.3 Å². The molecule has 2 bridgehead atoms. The lowest BCUT2D eigenvalue weighted by atomic mass is 9.85. The number of nitrogens with zero attached hydrogens (tertiary/aromatic N) is 2. The Morgan fingerprint density at radius 2 is 2.14 bits per heavy atom. The van der Waals surface area contributed by atoms with Crippen LogP contribution in [0.5, 0.6) is 0 Å². The molecule has 3 rings (SSSR count). The van der Waals surface area contributed by atoms with Crippen molar-refractivity contribution in [1.29, 1.82) is 0 Å². The van der Waals surface area contributed by atoms with Crippen LogP contribution in [0, 0.1) is 0 Å². The molecule has 0 radical (unpaired) electrons. The molecule has 5 heteroatoms. The third kappa shape index (κ3) is 2.76. The van der Waals surface area contributed by atoms with Crippen LogP contribution >= 0.6 is 0 Å². The summed E-state index contributed by atoms with van der Waals surface area (Å²) in [6.45, 7) is 5.75. The first-order valence-electron chi connectivity index (χ1n) is 8.04. The fourth-order valence-corrected chi connectivity index (χ4v) is 3.72. The summed E-state index contributed by atoms with van der Waals surface area (Å²) in [6, 6.07) is 4.69. The van der Waals surface area contributed by atoms with Crippen molar-refractivity contribution in [3.8, 4) is 0 Å². The van der Waals surface area contributed by atoms with Crippen LogP contribution in [0.2, 0.25) is 0 Å². The van der Waals surface area contributed by atoms with Crippen molar-refractivity contribution >= 4 is 11.9 Å². The number of hydrogen-bond donors (Lipinski definition) is 1. The Balaban J connectivity index is 1.76. The van der Waals surface area contributed by atoms with E-state index in [2.05, 4.69) is 16.4 Å². The van der Waals surface area contributed by atoms with Gasteiger partial charge in [-0.25, -0.2) is 9.78 Å². The molecule has 3 heterocycles. The van der Waals surface area contributed by atoms with Crippen LogP contribution in [0.3, 0.4) is 0 Å². The van der Waals surface area contributed by atoms with Crippen LogP contribution in [0.1, 0.15) is 51.5 Å². The fourth-order valence-electron chi connectivity index (χ4n) is 3.72. The highest BCUT2D eigenvalue weighted by Crippen LogP contribution is 2.47. The van der Waals surface area contributed by atoms with E-state index in [1.807, 2.05) is 45.0 Å². The van der Waals surface area contributed by atoms with Crippen molar-refractivity contribution in [3.05, 3.63) is 23.9 Å². The van der Waals surface area contributed by atoms with Gasteiger partial charge in [-0.2, -0.15) is 0 Å². The van der Waals surface area contributed by atoms with E-state index in [0.717, 1.165) is 25.1 Å². The minimum Gasteiger partial charge on any atom is -0.444 e. The van der Waals surface area contributed by atoms with Gasteiger partial charge >= 0.3 is 6.09 Å². The monoisotopic (exact) mass is 303 g/mol. The molecule has 120 valence electrons. The van der Waals surface area contributed by atoms with E-state index in [4.69, 9.17) is 4.74 Å². The Kier molecular flexibility index (Phi) is 3.75. The van der Waals surface area contributed by atoms with E-state index in [9.17, 15) is 4.79 Å². The number of pyridine rings is 1. The Morgan fingerprint density at radius 1 is 1.36 bits per heavy atom. The van der Waals surface area contributed by atoms with Crippen LogP contribution in [-0.2, 0) is 4.74 Å². The summed E-state index contributed by atoms with van der Waals surface area (Å²) < 4.78 is 5.58. The maximum absolute atomic E-state index is 12.5. The summed E-state index contributed by atoms with van der Waals surface area (Å²) in [5, 5.41) is 3.04. The number of aromatic nitrogens is 1. The lowest BCUT2D eigenvalue weighted by Crippen LogP contribution is -2.40. The van der Waals surface area contributed by atoms with Gasteiger partial charge in [-0.1, -0.05) is 6.07 Å². The van der Waals surface area contributed by atoms with E-state index in [1.165, 1.54) is 5.56 Å². The zero-order chi connectivity index (χ0) is 15.9. The van der Waals surface area contributed by atoms with E-state index in [-0.39, 0.29) is 12.1 Å². The molecule has 5 nitrogen and oxygen atoms in total. The minimum atomic E-state index is -0.440. The molecule has 3 unspecified atom stereocenters. The number of ether oxygens (including phenoxy) is 1. The van der Waals surface area contributed by atoms with E-state index in [0.29, 0.717) is 12.0 Å². The average molecular weight is 303 g/mol. The normalized spacial score (nSPS) is 27.1. The molecule has 1 N–H and O–H groups in total. The topological polar surface area (TPSA) is 54.5 Å². The molecule has 2 fully saturated rings. The molecule has 2 saturated heterocycles. The standard InChI is InChI=1S/C17H25N3O2/c1-17(2,3)22-16(21)20-12-6-7-14(20)13(9-12)11-5-8-15(18-4)19-10-11/h5,8,10,12-14H,6-7,9H2,1-4H3,(H,18,19). The zero-order valence-corrected chi connectivity index (χ0v) is 13.8. The highest BCUT2D eigenvalue weighted by atomic mass is 16.6. The molecule has 0 saturated carbocycles. The first kappa shape index (κ1) is 15.1. The molecule has 0 aromatic carbocycles. The largest absolute Gasteiger partial charge is 0.444 e. The highest BCUT2D eigenvalue weighted by molar-refractivity contribution is 5.70. The van der Waals surface area contributed by atoms with Crippen LogP contribution < -0.4 is 5.32 Å². The average Bonchev–Trinajstić information content (AvgIpc) is 3.03. The number of nitrogens with one attached hydrogen (secondary N) is 1. The van der Waals surface area contributed by atoms with Gasteiger partial charge in [0.25, 0.3) is 0 Å². The number of amides is 1. The molecule has 2 aliphatic heterocycles. The second-order valence-corrected chi connectivity index (χ2v) is 7.26. The van der Waals surface area contributed by atoms with Gasteiger partial charge in [-0.15, -0.1) is 0 Å². The van der Waals surface area contributed by atoms with Gasteiger partial charge in [0, 0.05) is 31.2 Å². The van der Waals surface area contributed by atoms with Crippen molar-refractivity contribution in [2.75, 3.05) is 12.4 Å². The predicted molar refractivity (Wildman–Crippen MR) is 86.0 cm³/mol. The Morgan fingerprint density at radius 3 is 2.73 bits per heavy atom. The predicted octanol–water partition coefficient (Wildman–Crippen LogP) is 3.38. The van der Waals surface area contributed by atoms with E-state index < -0.39 is 5.60 Å². The van der Waals surface area contributed by atoms with Crippen LogP contribution in [-0.4, -0.2) is 40.7 Å². The minimum absolute atomic E-state index is 0.165. The summed E-state index contributed by atoms with van der Waals surface area (Å²) in [5.41, 5.74) is 0.782. The molecular weight excluding hydrogens is 278 g/mol. The number of rotatable bonds is 2. The maximum Gasteiger partial charge on any atom is 0.410 e. The lowest BCUT2D eigenvalue weighted by molar-refractivity contribution is 0.0213. The Bertz CT molecular complexity index is 550. The van der Waals surface area contributed by atoms with Crippen LogP contribution in [0.25, 0.3) is 0 Å². The van der Waals surface area contributed by atoms with E-state index in [1.54, 1.807) is 0 Å². The van der Waals surface area contributed by atoms with Crippen LogP contribution in [0.4, 0.5) is 10.6 Å². The van der Waals surface area contributed by atoms with Gasteiger partial charge in [0.05, 0.1) is 0 Å². The summed E-state index contributed by atoms with van der Waals surface area (Å²) in [7, 11) is 1.86. The number of carbonyl (C=O) groups is 1. The SMILES string of the molecule is CNc1ccc(C2CC3CCC2N3C(=O)OC(C)(C)C)cn1. The van der Waals surface area contributed by atoms with Gasteiger partial charge in [-0.3, -0.25) is 0 Å². The second-order valence-electron chi connectivity index (χ2n) is 7.26. The first-order chi connectivity index (χ1) is 10.4. The molecule has 1 aromatic heterocycles. The first-order valence-corrected chi connectivity index (χ1v) is 8.04. The number of carbonyl (C=O) groups excluding carboxylic acids is 1. The molecule has 1 aromatic rings. The molecule has 0 spiro atoms. The highest BCUT2D eigenvalue weighted by Gasteiger charge is 2.50. The number of anilines is 1. The molecule has 22 heavy (non-hydrogen) atoms. The van der Waals surface area contributed by atoms with Gasteiger partial charge in [0.2, 0.25) is 0 Å². The second kappa shape index (κ2) is 5.45. The number of fused-ring (bicyclic) bond motifs is 2. The maximum atomic E-state index is 12.5. The summed E-state index contributed by atoms with van der Waals surface area (Å²) in [4.78, 5) is 18.9. The molecular formula is C17H25N3O2. The van der Waals surface area contributed by atoms with Crippen molar-refractivity contribution < 1.29 is 9.53 Å². The smallest absolute Gasteiger partial charge is 0.410 e. The van der Waals surface area contributed by atoms with Gasteiger partial charge in [-0.05, 0) is 51.7 Å². The summed E-state index contributed by atoms with van der Waals surface area (Å²) >= 11 is 0. The Hall–Kier alpha value is -1.78. The number of hydrogen-bond acceptors (Lipinski definition) is 4. The summed E-state index contributed by atoms with van der Waals surface area (Å²) in [5.74, 6) is 1.25. The van der Waals surface area contributed by atoms with E-state index >= 15 is 0 Å². The quantitative estimate of drug-likeness (QED) is 0.910. The molecule has 0 aliphatic carbocycles. The molecule has 1 amide bonds. The lowest BCUT2D eigenvalue weighted by Gasteiger charge is -2.28. The van der Waals surface area contributed by atoms with Crippen molar-refractivity contribution in [3.63, 3.8) is 0 Å². The van der Waals surface area contributed by atoms with Crippen molar-refractivity contribution in [2.45, 2.75) is 63.6 Å². The van der Waals surface area contributed by atoms with Gasteiger partial charge in [0.1, 0.15) is 11.4 Å². The molecule has 3 atom stereocenters. The third-order valence-electron chi connectivity index (χ3n) is 4.61. The van der Waals surface area contributed by atoms with Gasteiger partial charge < -0.3 is 15.0 Å². The summed E-state index contributed by atoms with van der Waals surface area (Å²) in [6.07, 6.45) is 4.93. The Labute approximate surface area is 132 Å². The van der Waals surface area contributed by atoms with Crippen molar-refractivity contribution in [2.24, 2.45) is 0 Å². The third-order valence-corrected chi connectivity index (χ3v) is 4.61. The van der Waals surface area contributed by atoms with Gasteiger partial charge in [0.15, 0.2) is 0 Å². The fraction of sp³-hybridized carbons (Fsp3) is 0.647. The molecule has 2 aliphatic rings. The van der Waals surface area contributed by atoms with Crippen molar-refractivity contribution in [1.82, 2.24) is 9.88 Å².